The first kappa shape index (κ1) is 18.4. The molecule has 6 nitrogen and oxygen atoms in total. The number of nitrogens with zero attached hydrogens (tertiary/aromatic N) is 2. The molecule has 0 radical (unpaired) electrons. The largest absolute Gasteiger partial charge is 0.508 e. The van der Waals surface area contributed by atoms with Gasteiger partial charge in [-0.25, -0.2) is 5.06 Å². The summed E-state index contributed by atoms with van der Waals surface area (Å²) in [5, 5.41) is 11.3. The van der Waals surface area contributed by atoms with E-state index in [2.05, 4.69) is 0 Å². The number of phenols is 1. The highest BCUT2D eigenvalue weighted by Gasteiger charge is 2.59. The van der Waals surface area contributed by atoms with Crippen molar-refractivity contribution in [3.63, 3.8) is 0 Å². The van der Waals surface area contributed by atoms with E-state index in [4.69, 9.17) is 4.84 Å². The zero-order chi connectivity index (χ0) is 20.7. The second-order valence-corrected chi connectivity index (χ2v) is 7.50. The first-order valence-electron chi connectivity index (χ1n) is 9.82. The van der Waals surface area contributed by atoms with Crippen LogP contribution in [0.5, 0.6) is 5.75 Å². The number of carbonyl (C=O) groups is 2. The normalized spacial score (nSPS) is 23.1. The molecule has 2 aliphatic heterocycles. The number of aromatic hydroxyl groups is 1. The van der Waals surface area contributed by atoms with Gasteiger partial charge in [0.25, 0.3) is 5.91 Å². The van der Waals surface area contributed by atoms with Crippen molar-refractivity contribution in [1.82, 2.24) is 4.90 Å². The minimum Gasteiger partial charge on any atom is -0.508 e. The predicted octanol–water partition coefficient (Wildman–Crippen LogP) is 3.44. The number of amides is 2. The Labute approximate surface area is 173 Å². The van der Waals surface area contributed by atoms with Crippen LogP contribution in [0.4, 0.5) is 5.69 Å². The van der Waals surface area contributed by atoms with Gasteiger partial charge in [-0.2, -0.15) is 0 Å². The quantitative estimate of drug-likeness (QED) is 0.680. The summed E-state index contributed by atoms with van der Waals surface area (Å²) < 4.78 is 0. The number of carbonyl (C=O) groups excluding carboxylic acids is 2. The molecule has 2 aliphatic rings. The molecule has 3 aromatic carbocycles. The molecule has 1 N–H and O–H groups in total. The lowest BCUT2D eigenvalue weighted by molar-refractivity contribution is -0.143. The van der Waals surface area contributed by atoms with E-state index in [0.29, 0.717) is 0 Å². The molecule has 0 bridgehead atoms. The number of rotatable bonds is 4. The monoisotopic (exact) mass is 400 g/mol. The average molecular weight is 400 g/mol. The van der Waals surface area contributed by atoms with E-state index in [1.54, 1.807) is 29.3 Å². The molecule has 2 heterocycles. The fraction of sp³-hybridized carbons (Fsp3) is 0.167. The van der Waals surface area contributed by atoms with Crippen LogP contribution in [0.3, 0.4) is 0 Å². The second kappa shape index (κ2) is 7.31. The zero-order valence-electron chi connectivity index (χ0n) is 16.1. The van der Waals surface area contributed by atoms with Gasteiger partial charge in [-0.15, -0.1) is 0 Å². The van der Waals surface area contributed by atoms with Gasteiger partial charge in [0.05, 0.1) is 18.3 Å². The van der Waals surface area contributed by atoms with Gasteiger partial charge in [0.15, 0.2) is 6.10 Å². The van der Waals surface area contributed by atoms with Gasteiger partial charge in [-0.05, 0) is 35.4 Å². The number of imide groups is 1. The Balaban J connectivity index is 1.52. The molecule has 2 amide bonds. The number of hydrogen-bond acceptors (Lipinski definition) is 5. The van der Waals surface area contributed by atoms with Gasteiger partial charge in [0, 0.05) is 0 Å². The van der Waals surface area contributed by atoms with Crippen molar-refractivity contribution in [2.45, 2.75) is 18.7 Å². The topological polar surface area (TPSA) is 70.1 Å². The SMILES string of the molecule is O=C1[C@@H]2[C@@H](ON(c3ccccc3)[C@H]2c2ccc(O)cc2)C(=O)N1Cc1ccccc1. The van der Waals surface area contributed by atoms with Gasteiger partial charge in [-0.1, -0.05) is 60.7 Å². The molecule has 2 saturated heterocycles. The van der Waals surface area contributed by atoms with Crippen molar-refractivity contribution >= 4 is 17.5 Å². The van der Waals surface area contributed by atoms with E-state index in [1.807, 2.05) is 60.7 Å². The Hall–Kier alpha value is -3.64. The fourth-order valence-corrected chi connectivity index (χ4v) is 4.20. The number of phenolic OH excluding ortho intramolecular Hbond substituents is 1. The minimum absolute atomic E-state index is 0.139. The molecule has 150 valence electrons. The van der Waals surface area contributed by atoms with Crippen LogP contribution in [0.25, 0.3) is 0 Å². The van der Waals surface area contributed by atoms with Gasteiger partial charge in [0.1, 0.15) is 11.7 Å². The number of fused-ring (bicyclic) bond motifs is 1. The summed E-state index contributed by atoms with van der Waals surface area (Å²) in [5.41, 5.74) is 2.45. The molecule has 0 aliphatic carbocycles. The van der Waals surface area contributed by atoms with Crippen LogP contribution >= 0.6 is 0 Å². The zero-order valence-corrected chi connectivity index (χ0v) is 16.1. The Morgan fingerprint density at radius 2 is 1.43 bits per heavy atom. The third-order valence-electron chi connectivity index (χ3n) is 5.64. The lowest BCUT2D eigenvalue weighted by atomic mass is 9.90. The standard InChI is InChI=1S/C24H20N2O4/c27-19-13-11-17(12-14-19)21-20-22(30-26(21)18-9-5-2-6-10-18)24(29)25(23(20)28)15-16-7-3-1-4-8-16/h1-14,20-22,27H,15H2/t20-,21-,22+/m0/s1. The summed E-state index contributed by atoms with van der Waals surface area (Å²) in [6.07, 6.45) is -0.875. The maximum Gasteiger partial charge on any atom is 0.262 e. The predicted molar refractivity (Wildman–Crippen MR) is 110 cm³/mol. The van der Waals surface area contributed by atoms with Crippen LogP contribution in [0.15, 0.2) is 84.9 Å². The summed E-state index contributed by atoms with van der Waals surface area (Å²) in [6, 6.07) is 25.1. The van der Waals surface area contributed by atoms with E-state index in [-0.39, 0.29) is 24.1 Å². The van der Waals surface area contributed by atoms with Gasteiger partial charge < -0.3 is 5.11 Å². The molecule has 0 spiro atoms. The van der Waals surface area contributed by atoms with Crippen LogP contribution in [-0.2, 0) is 21.0 Å². The first-order chi connectivity index (χ1) is 14.6. The number of anilines is 1. The maximum absolute atomic E-state index is 13.4. The molecule has 6 heteroatoms. The fourth-order valence-electron chi connectivity index (χ4n) is 4.20. The number of hydrogen-bond donors (Lipinski definition) is 1. The lowest BCUT2D eigenvalue weighted by Crippen LogP contribution is -2.36. The van der Waals surface area contributed by atoms with E-state index < -0.39 is 18.1 Å². The number of para-hydroxylation sites is 1. The highest BCUT2D eigenvalue weighted by Crippen LogP contribution is 2.47. The third kappa shape index (κ3) is 3.02. The number of likely N-dealkylation sites (tertiary alicyclic amines) is 1. The number of hydroxylamine groups is 1. The van der Waals surface area contributed by atoms with Crippen LogP contribution in [0.2, 0.25) is 0 Å². The van der Waals surface area contributed by atoms with E-state index in [0.717, 1.165) is 16.8 Å². The molecule has 0 unspecified atom stereocenters. The van der Waals surface area contributed by atoms with E-state index in [9.17, 15) is 14.7 Å². The van der Waals surface area contributed by atoms with Gasteiger partial charge in [-0.3, -0.25) is 19.3 Å². The molecule has 3 atom stereocenters. The third-order valence-corrected chi connectivity index (χ3v) is 5.64. The van der Waals surface area contributed by atoms with Crippen molar-refractivity contribution in [2.24, 2.45) is 5.92 Å². The molecule has 5 rings (SSSR count). The molecule has 3 aromatic rings. The summed E-state index contributed by atoms with van der Waals surface area (Å²) in [7, 11) is 0. The molecular formula is C24H20N2O4. The number of benzene rings is 3. The van der Waals surface area contributed by atoms with Gasteiger partial charge in [0.2, 0.25) is 5.91 Å². The van der Waals surface area contributed by atoms with Crippen LogP contribution in [-0.4, -0.2) is 27.9 Å². The van der Waals surface area contributed by atoms with Crippen molar-refractivity contribution in [2.75, 3.05) is 5.06 Å². The smallest absolute Gasteiger partial charge is 0.262 e. The Bertz CT molecular complexity index is 1070. The molecular weight excluding hydrogens is 380 g/mol. The first-order valence-corrected chi connectivity index (χ1v) is 9.82. The maximum atomic E-state index is 13.4. The summed E-state index contributed by atoms with van der Waals surface area (Å²) in [4.78, 5) is 33.9. The summed E-state index contributed by atoms with van der Waals surface area (Å²) in [5.74, 6) is -1.09. The molecule has 0 saturated carbocycles. The van der Waals surface area contributed by atoms with Crippen molar-refractivity contribution in [1.29, 1.82) is 0 Å². The highest BCUT2D eigenvalue weighted by atomic mass is 16.7. The summed E-state index contributed by atoms with van der Waals surface area (Å²) >= 11 is 0. The Kier molecular flexibility index (Phi) is 4.48. The summed E-state index contributed by atoms with van der Waals surface area (Å²) in [6.45, 7) is 0.225. The van der Waals surface area contributed by atoms with Gasteiger partial charge >= 0.3 is 0 Å². The highest BCUT2D eigenvalue weighted by molar-refractivity contribution is 6.07. The molecule has 0 aromatic heterocycles. The average Bonchev–Trinajstić information content (AvgIpc) is 3.28. The second-order valence-electron chi connectivity index (χ2n) is 7.50. The van der Waals surface area contributed by atoms with E-state index in [1.165, 1.54) is 4.90 Å². The molecule has 30 heavy (non-hydrogen) atoms. The van der Waals surface area contributed by atoms with Crippen LogP contribution in [0, 0.1) is 5.92 Å². The van der Waals surface area contributed by atoms with Crippen molar-refractivity contribution < 1.29 is 19.5 Å². The Morgan fingerprint density at radius 3 is 2.10 bits per heavy atom. The van der Waals surface area contributed by atoms with E-state index >= 15 is 0 Å². The van der Waals surface area contributed by atoms with Crippen LogP contribution in [0.1, 0.15) is 17.2 Å². The van der Waals surface area contributed by atoms with Crippen LogP contribution < -0.4 is 5.06 Å². The molecule has 2 fully saturated rings. The van der Waals surface area contributed by atoms with Crippen molar-refractivity contribution in [3.8, 4) is 5.75 Å². The minimum atomic E-state index is -0.875. The lowest BCUT2D eigenvalue weighted by Gasteiger charge is -2.28. The van der Waals surface area contributed by atoms with Crippen molar-refractivity contribution in [3.05, 3.63) is 96.1 Å². The Morgan fingerprint density at radius 1 is 0.800 bits per heavy atom.